The van der Waals surface area contributed by atoms with Gasteiger partial charge in [0.1, 0.15) is 6.10 Å². The molecule has 1 rings (SSSR count). The first kappa shape index (κ1) is 12.4. The van der Waals surface area contributed by atoms with Gasteiger partial charge in [-0.3, -0.25) is 9.36 Å². The Balaban J connectivity index is 3.16. The zero-order valence-corrected chi connectivity index (χ0v) is 9.01. The van der Waals surface area contributed by atoms with Crippen molar-refractivity contribution < 1.29 is 14.3 Å². The van der Waals surface area contributed by atoms with Crippen LogP contribution in [0.25, 0.3) is 0 Å². The van der Waals surface area contributed by atoms with Crippen LogP contribution in [0.4, 0.5) is 4.39 Å². The maximum absolute atomic E-state index is 13.0. The first-order valence-electron chi connectivity index (χ1n) is 4.77. The fourth-order valence-corrected chi connectivity index (χ4v) is 1.08. The number of halogens is 1. The van der Waals surface area contributed by atoms with E-state index in [0.717, 1.165) is 7.05 Å². The van der Waals surface area contributed by atoms with Crippen molar-refractivity contribution in [2.24, 2.45) is 7.05 Å². The molecule has 1 aromatic heterocycles. The zero-order valence-electron chi connectivity index (χ0n) is 9.01. The maximum atomic E-state index is 13.0. The Morgan fingerprint density at radius 3 is 2.69 bits per heavy atom. The van der Waals surface area contributed by atoms with Gasteiger partial charge in [0.2, 0.25) is 5.82 Å². The van der Waals surface area contributed by atoms with Gasteiger partial charge >= 0.3 is 5.69 Å². The second kappa shape index (κ2) is 4.93. The highest BCUT2D eigenvalue weighted by Crippen LogP contribution is 1.92. The van der Waals surface area contributed by atoms with E-state index in [-0.39, 0.29) is 6.61 Å². The van der Waals surface area contributed by atoms with Crippen LogP contribution >= 0.6 is 0 Å². The second-order valence-electron chi connectivity index (χ2n) is 3.27. The van der Waals surface area contributed by atoms with Crippen molar-refractivity contribution >= 4 is 0 Å². The van der Waals surface area contributed by atoms with Gasteiger partial charge < -0.3 is 9.94 Å². The van der Waals surface area contributed by atoms with Crippen molar-refractivity contribution in [2.75, 3.05) is 6.61 Å². The molecular formula is C9H13FN2O4. The Kier molecular flexibility index (Phi) is 3.83. The van der Waals surface area contributed by atoms with E-state index in [2.05, 4.69) is 0 Å². The molecule has 0 saturated carbocycles. The molecule has 0 saturated heterocycles. The molecule has 16 heavy (non-hydrogen) atoms. The lowest BCUT2D eigenvalue weighted by Crippen LogP contribution is -2.44. The van der Waals surface area contributed by atoms with Crippen LogP contribution in [0, 0.1) is 5.82 Å². The molecule has 90 valence electrons. The number of aliphatic hydroxyl groups is 1. The Bertz CT molecular complexity index is 475. The molecule has 0 aliphatic rings. The predicted molar refractivity (Wildman–Crippen MR) is 53.6 cm³/mol. The van der Waals surface area contributed by atoms with E-state index in [9.17, 15) is 14.0 Å². The summed E-state index contributed by atoms with van der Waals surface area (Å²) in [5.41, 5.74) is -1.81. The minimum absolute atomic E-state index is 0.298. The highest BCUT2D eigenvalue weighted by Gasteiger charge is 2.12. The largest absolute Gasteiger partial charge is 0.404 e. The zero-order chi connectivity index (χ0) is 12.3. The average molecular weight is 232 g/mol. The molecule has 1 N–H and O–H groups in total. The quantitative estimate of drug-likeness (QED) is 0.714. The smallest absolute Gasteiger partial charge is 0.363 e. The normalized spacial score (nSPS) is 12.5. The van der Waals surface area contributed by atoms with Gasteiger partial charge in [0.15, 0.2) is 0 Å². The van der Waals surface area contributed by atoms with E-state index in [1.54, 1.807) is 6.92 Å². The van der Waals surface area contributed by atoms with Gasteiger partial charge in [-0.05, 0) is 6.42 Å². The lowest BCUT2D eigenvalue weighted by Gasteiger charge is -2.15. The SMILES string of the molecule is CCC(CO)On1cc(F)c(=O)n(C)c1=O. The summed E-state index contributed by atoms with van der Waals surface area (Å²) in [6, 6.07) is 0. The van der Waals surface area contributed by atoms with Gasteiger partial charge in [-0.2, -0.15) is 4.39 Å². The monoisotopic (exact) mass is 232 g/mol. The number of hydrogen-bond donors (Lipinski definition) is 1. The van der Waals surface area contributed by atoms with Crippen LogP contribution in [-0.4, -0.2) is 27.1 Å². The molecule has 0 amide bonds. The Hall–Kier alpha value is -1.63. The summed E-state index contributed by atoms with van der Waals surface area (Å²) in [5.74, 6) is -1.09. The fraction of sp³-hybridized carbons (Fsp3) is 0.556. The van der Waals surface area contributed by atoms with E-state index in [1.165, 1.54) is 0 Å². The first-order chi connectivity index (χ1) is 7.51. The summed E-state index contributed by atoms with van der Waals surface area (Å²) in [4.78, 5) is 27.5. The summed E-state index contributed by atoms with van der Waals surface area (Å²) < 4.78 is 14.3. The Morgan fingerprint density at radius 1 is 1.56 bits per heavy atom. The van der Waals surface area contributed by atoms with Crippen LogP contribution in [0.2, 0.25) is 0 Å². The molecule has 1 heterocycles. The molecule has 1 unspecified atom stereocenters. The molecule has 1 atom stereocenters. The van der Waals surface area contributed by atoms with E-state index < -0.39 is 23.2 Å². The van der Waals surface area contributed by atoms with Crippen molar-refractivity contribution in [3.05, 3.63) is 32.9 Å². The molecule has 0 aliphatic carbocycles. The summed E-state index contributed by atoms with van der Waals surface area (Å²) in [6.45, 7) is 1.44. The van der Waals surface area contributed by atoms with Gasteiger partial charge in [0.05, 0.1) is 12.8 Å². The minimum Gasteiger partial charge on any atom is -0.404 e. The van der Waals surface area contributed by atoms with E-state index >= 15 is 0 Å². The number of hydrogen-bond acceptors (Lipinski definition) is 4. The molecular weight excluding hydrogens is 219 g/mol. The molecule has 0 aromatic carbocycles. The van der Waals surface area contributed by atoms with Crippen LogP contribution < -0.4 is 16.1 Å². The Morgan fingerprint density at radius 2 is 2.19 bits per heavy atom. The third-order valence-electron chi connectivity index (χ3n) is 2.14. The van der Waals surface area contributed by atoms with Crippen molar-refractivity contribution in [3.63, 3.8) is 0 Å². The number of aromatic nitrogens is 2. The summed E-state index contributed by atoms with van der Waals surface area (Å²) >= 11 is 0. The Labute approximate surface area is 90.5 Å². The number of rotatable bonds is 4. The average Bonchev–Trinajstić information content (AvgIpc) is 2.29. The van der Waals surface area contributed by atoms with Crippen molar-refractivity contribution in [3.8, 4) is 0 Å². The van der Waals surface area contributed by atoms with Crippen LogP contribution in [-0.2, 0) is 7.05 Å². The first-order valence-corrected chi connectivity index (χ1v) is 4.77. The van der Waals surface area contributed by atoms with Crippen LogP contribution in [0.1, 0.15) is 13.3 Å². The standard InChI is InChI=1S/C9H13FN2O4/c1-3-6(5-13)16-12-4-7(10)8(14)11(2)9(12)15/h4,6,13H,3,5H2,1-2H3. The second-order valence-corrected chi connectivity index (χ2v) is 3.27. The summed E-state index contributed by atoms with van der Waals surface area (Å²) in [5, 5.41) is 8.87. The lowest BCUT2D eigenvalue weighted by atomic mass is 10.3. The van der Waals surface area contributed by atoms with Crippen LogP contribution in [0.3, 0.4) is 0 Å². The molecule has 6 nitrogen and oxygen atoms in total. The van der Waals surface area contributed by atoms with Gasteiger partial charge in [-0.1, -0.05) is 6.92 Å². The fourth-order valence-electron chi connectivity index (χ4n) is 1.08. The molecule has 1 aromatic rings. The molecule has 0 fully saturated rings. The molecule has 0 spiro atoms. The van der Waals surface area contributed by atoms with Crippen molar-refractivity contribution in [2.45, 2.75) is 19.4 Å². The predicted octanol–water partition coefficient (Wildman–Crippen LogP) is -1.11. The molecule has 0 bridgehead atoms. The van der Waals surface area contributed by atoms with Gasteiger partial charge in [0.25, 0.3) is 5.56 Å². The minimum atomic E-state index is -1.09. The summed E-state index contributed by atoms with van der Waals surface area (Å²) in [6.07, 6.45) is 0.505. The maximum Gasteiger partial charge on any atom is 0.363 e. The van der Waals surface area contributed by atoms with Crippen LogP contribution in [0.5, 0.6) is 0 Å². The van der Waals surface area contributed by atoms with Gasteiger partial charge in [0, 0.05) is 7.05 Å². The van der Waals surface area contributed by atoms with E-state index in [4.69, 9.17) is 9.94 Å². The van der Waals surface area contributed by atoms with Gasteiger partial charge in [-0.25, -0.2) is 4.79 Å². The molecule has 0 radical (unpaired) electrons. The highest BCUT2D eigenvalue weighted by molar-refractivity contribution is 4.88. The third-order valence-corrected chi connectivity index (χ3v) is 2.14. The van der Waals surface area contributed by atoms with Crippen molar-refractivity contribution in [1.82, 2.24) is 9.30 Å². The van der Waals surface area contributed by atoms with Crippen LogP contribution in [0.15, 0.2) is 15.8 Å². The van der Waals surface area contributed by atoms with Crippen molar-refractivity contribution in [1.29, 1.82) is 0 Å². The van der Waals surface area contributed by atoms with Gasteiger partial charge in [-0.15, -0.1) is 4.73 Å². The lowest BCUT2D eigenvalue weighted by molar-refractivity contribution is -0.00996. The number of aliphatic hydroxyl groups excluding tert-OH is 1. The number of nitrogens with zero attached hydrogens (tertiary/aromatic N) is 2. The topological polar surface area (TPSA) is 73.5 Å². The van der Waals surface area contributed by atoms with E-state index in [0.29, 0.717) is 21.9 Å². The molecule has 0 aliphatic heterocycles. The molecule has 7 heteroatoms. The third kappa shape index (κ3) is 2.30. The highest BCUT2D eigenvalue weighted by atomic mass is 19.1. The van der Waals surface area contributed by atoms with E-state index in [1.807, 2.05) is 0 Å². The summed E-state index contributed by atoms with van der Waals surface area (Å²) in [7, 11) is 1.15.